The minimum atomic E-state index is -0.227. The quantitative estimate of drug-likeness (QED) is 0.892. The number of hydrogen-bond donors (Lipinski definition) is 1. The van der Waals surface area contributed by atoms with Crippen LogP contribution in [0.1, 0.15) is 19.3 Å². The summed E-state index contributed by atoms with van der Waals surface area (Å²) in [7, 11) is 0. The largest absolute Gasteiger partial charge is 0.398 e. The number of amides is 1. The number of aromatic nitrogens is 1. The Kier molecular flexibility index (Phi) is 4.06. The minimum Gasteiger partial charge on any atom is -0.398 e. The molecule has 0 saturated carbocycles. The molecule has 0 aliphatic carbocycles. The number of anilines is 1. The van der Waals surface area contributed by atoms with Crippen LogP contribution in [0.2, 0.25) is 0 Å². The predicted octanol–water partition coefficient (Wildman–Crippen LogP) is 1.21. The van der Waals surface area contributed by atoms with Gasteiger partial charge < -0.3 is 15.2 Å². The highest BCUT2D eigenvalue weighted by atomic mass is 79.9. The molecule has 1 aliphatic heterocycles. The van der Waals surface area contributed by atoms with Crippen LogP contribution in [0.5, 0.6) is 0 Å². The van der Waals surface area contributed by atoms with E-state index < -0.39 is 0 Å². The standard InChI is InChI=1S/C12H16BrN3O2/c13-10-6-9(14)7-16(12(10)18)8-11(17)15-4-2-1-3-5-15/h6-7H,1-5,8,14H2. The van der Waals surface area contributed by atoms with E-state index in [4.69, 9.17) is 5.73 Å². The van der Waals surface area contributed by atoms with Gasteiger partial charge in [-0.25, -0.2) is 0 Å². The average molecular weight is 314 g/mol. The second-order valence-electron chi connectivity index (χ2n) is 4.50. The molecule has 1 fully saturated rings. The van der Waals surface area contributed by atoms with Crippen molar-refractivity contribution in [3.63, 3.8) is 0 Å². The van der Waals surface area contributed by atoms with E-state index in [2.05, 4.69) is 15.9 Å². The number of likely N-dealkylation sites (tertiary alicyclic amines) is 1. The van der Waals surface area contributed by atoms with Gasteiger partial charge in [0, 0.05) is 25.0 Å². The van der Waals surface area contributed by atoms with Crippen LogP contribution in [0.15, 0.2) is 21.5 Å². The second kappa shape index (κ2) is 5.56. The summed E-state index contributed by atoms with van der Waals surface area (Å²) in [5.74, 6) is -0.0192. The zero-order chi connectivity index (χ0) is 13.1. The molecule has 1 amide bonds. The summed E-state index contributed by atoms with van der Waals surface area (Å²) in [4.78, 5) is 25.7. The molecule has 6 heteroatoms. The lowest BCUT2D eigenvalue weighted by molar-refractivity contribution is -0.132. The van der Waals surface area contributed by atoms with Crippen molar-refractivity contribution in [2.45, 2.75) is 25.8 Å². The molecular weight excluding hydrogens is 298 g/mol. The number of carbonyl (C=O) groups excluding carboxylic acids is 1. The van der Waals surface area contributed by atoms with Gasteiger partial charge in [0.2, 0.25) is 5.91 Å². The van der Waals surface area contributed by atoms with Crippen molar-refractivity contribution in [3.8, 4) is 0 Å². The number of piperidine rings is 1. The first-order valence-corrected chi connectivity index (χ1v) is 6.80. The van der Waals surface area contributed by atoms with Crippen molar-refractivity contribution in [1.82, 2.24) is 9.47 Å². The maximum atomic E-state index is 12.1. The third kappa shape index (κ3) is 2.93. The lowest BCUT2D eigenvalue weighted by atomic mass is 10.1. The van der Waals surface area contributed by atoms with Crippen LogP contribution in [-0.2, 0) is 11.3 Å². The lowest BCUT2D eigenvalue weighted by Gasteiger charge is -2.27. The van der Waals surface area contributed by atoms with E-state index in [-0.39, 0.29) is 18.0 Å². The number of carbonyl (C=O) groups is 1. The highest BCUT2D eigenvalue weighted by molar-refractivity contribution is 9.10. The van der Waals surface area contributed by atoms with Gasteiger partial charge >= 0.3 is 0 Å². The van der Waals surface area contributed by atoms with Crippen LogP contribution in [0.3, 0.4) is 0 Å². The molecule has 0 unspecified atom stereocenters. The Morgan fingerprint density at radius 2 is 2.00 bits per heavy atom. The topological polar surface area (TPSA) is 68.3 Å². The summed E-state index contributed by atoms with van der Waals surface area (Å²) in [5.41, 5.74) is 5.91. The Morgan fingerprint density at radius 3 is 2.67 bits per heavy atom. The number of nitrogens with two attached hydrogens (primary N) is 1. The molecular formula is C12H16BrN3O2. The number of hydrogen-bond acceptors (Lipinski definition) is 3. The van der Waals surface area contributed by atoms with E-state index >= 15 is 0 Å². The highest BCUT2D eigenvalue weighted by Gasteiger charge is 2.17. The van der Waals surface area contributed by atoms with Crippen molar-refractivity contribution in [2.24, 2.45) is 0 Å². The maximum absolute atomic E-state index is 12.1. The van der Waals surface area contributed by atoms with Gasteiger partial charge in [0.05, 0.1) is 4.47 Å². The van der Waals surface area contributed by atoms with Gasteiger partial charge in [0.1, 0.15) is 6.54 Å². The van der Waals surface area contributed by atoms with E-state index in [0.717, 1.165) is 25.9 Å². The molecule has 0 atom stereocenters. The van der Waals surface area contributed by atoms with Gasteiger partial charge in [-0.05, 0) is 41.3 Å². The molecule has 1 aromatic rings. The first kappa shape index (κ1) is 13.1. The summed E-state index contributed by atoms with van der Waals surface area (Å²) in [5, 5.41) is 0. The fourth-order valence-electron chi connectivity index (χ4n) is 2.13. The Balaban J connectivity index is 2.13. The van der Waals surface area contributed by atoms with Crippen LogP contribution in [0, 0.1) is 0 Å². The number of halogens is 1. The number of nitrogens with zero attached hydrogens (tertiary/aromatic N) is 2. The SMILES string of the molecule is Nc1cc(Br)c(=O)n(CC(=O)N2CCCCC2)c1. The van der Waals surface area contributed by atoms with E-state index in [1.54, 1.807) is 6.07 Å². The Labute approximate surface area is 114 Å². The van der Waals surface area contributed by atoms with Crippen LogP contribution in [0.4, 0.5) is 5.69 Å². The molecule has 98 valence electrons. The minimum absolute atomic E-state index is 0.0192. The van der Waals surface area contributed by atoms with E-state index in [9.17, 15) is 9.59 Å². The fourth-order valence-corrected chi connectivity index (χ4v) is 2.62. The summed E-state index contributed by atoms with van der Waals surface area (Å²) < 4.78 is 1.74. The Bertz CT molecular complexity index is 507. The average Bonchev–Trinajstić information content (AvgIpc) is 2.36. The van der Waals surface area contributed by atoms with Gasteiger partial charge in [-0.15, -0.1) is 0 Å². The third-order valence-electron chi connectivity index (χ3n) is 3.08. The molecule has 2 rings (SSSR count). The van der Waals surface area contributed by atoms with Crippen LogP contribution < -0.4 is 11.3 Å². The molecule has 2 N–H and O–H groups in total. The molecule has 18 heavy (non-hydrogen) atoms. The molecule has 1 aromatic heterocycles. The molecule has 1 saturated heterocycles. The molecule has 2 heterocycles. The first-order valence-electron chi connectivity index (χ1n) is 6.01. The van der Waals surface area contributed by atoms with Crippen molar-refractivity contribution in [2.75, 3.05) is 18.8 Å². The maximum Gasteiger partial charge on any atom is 0.265 e. The Hall–Kier alpha value is -1.30. The van der Waals surface area contributed by atoms with Gasteiger partial charge in [0.15, 0.2) is 0 Å². The first-order chi connectivity index (χ1) is 8.58. The van der Waals surface area contributed by atoms with E-state index in [1.165, 1.54) is 17.2 Å². The summed E-state index contributed by atoms with van der Waals surface area (Å²) in [6, 6.07) is 1.55. The molecule has 0 aromatic carbocycles. The molecule has 0 spiro atoms. The number of rotatable bonds is 2. The van der Waals surface area contributed by atoms with Crippen LogP contribution in [-0.4, -0.2) is 28.5 Å². The molecule has 5 nitrogen and oxygen atoms in total. The summed E-state index contributed by atoms with van der Waals surface area (Å²) in [6.45, 7) is 1.64. The predicted molar refractivity (Wildman–Crippen MR) is 73.2 cm³/mol. The highest BCUT2D eigenvalue weighted by Crippen LogP contribution is 2.11. The van der Waals surface area contributed by atoms with Crippen LogP contribution in [0.25, 0.3) is 0 Å². The van der Waals surface area contributed by atoms with Crippen molar-refractivity contribution >= 4 is 27.5 Å². The normalized spacial score (nSPS) is 15.7. The van der Waals surface area contributed by atoms with Gasteiger partial charge in [-0.1, -0.05) is 0 Å². The van der Waals surface area contributed by atoms with Crippen molar-refractivity contribution < 1.29 is 4.79 Å². The fraction of sp³-hybridized carbons (Fsp3) is 0.500. The van der Waals surface area contributed by atoms with Gasteiger partial charge in [-0.2, -0.15) is 0 Å². The number of pyridine rings is 1. The smallest absolute Gasteiger partial charge is 0.265 e. The molecule has 0 bridgehead atoms. The van der Waals surface area contributed by atoms with E-state index in [0.29, 0.717) is 10.2 Å². The zero-order valence-electron chi connectivity index (χ0n) is 10.1. The third-order valence-corrected chi connectivity index (χ3v) is 3.65. The molecule has 0 radical (unpaired) electrons. The van der Waals surface area contributed by atoms with Crippen molar-refractivity contribution in [1.29, 1.82) is 0 Å². The van der Waals surface area contributed by atoms with Crippen molar-refractivity contribution in [3.05, 3.63) is 27.1 Å². The zero-order valence-corrected chi connectivity index (χ0v) is 11.6. The lowest BCUT2D eigenvalue weighted by Crippen LogP contribution is -2.39. The van der Waals surface area contributed by atoms with E-state index in [1.807, 2.05) is 4.90 Å². The Morgan fingerprint density at radius 1 is 1.33 bits per heavy atom. The summed E-state index contributed by atoms with van der Waals surface area (Å²) >= 11 is 3.14. The monoisotopic (exact) mass is 313 g/mol. The van der Waals surface area contributed by atoms with Gasteiger partial charge in [-0.3, -0.25) is 9.59 Å². The summed E-state index contributed by atoms with van der Waals surface area (Å²) in [6.07, 6.45) is 4.77. The number of nitrogen functional groups attached to an aromatic ring is 1. The van der Waals surface area contributed by atoms with Gasteiger partial charge in [0.25, 0.3) is 5.56 Å². The molecule has 1 aliphatic rings. The van der Waals surface area contributed by atoms with Crippen LogP contribution >= 0.6 is 15.9 Å². The second-order valence-corrected chi connectivity index (χ2v) is 5.35.